The molecule has 0 unspecified atom stereocenters. The monoisotopic (exact) mass is 346 g/mol. The van der Waals surface area contributed by atoms with Crippen LogP contribution in [0.1, 0.15) is 37.6 Å². The van der Waals surface area contributed by atoms with Crippen LogP contribution >= 0.6 is 0 Å². The average molecular weight is 346 g/mol. The number of hydrogen-bond acceptors (Lipinski definition) is 4. The van der Waals surface area contributed by atoms with Gasteiger partial charge in [-0.25, -0.2) is 0 Å². The largest absolute Gasteiger partial charge is 0.493 e. The minimum Gasteiger partial charge on any atom is -0.493 e. The van der Waals surface area contributed by atoms with Crippen molar-refractivity contribution in [1.29, 1.82) is 0 Å². The summed E-state index contributed by atoms with van der Waals surface area (Å²) in [7, 11) is 1.51. The molecule has 0 saturated heterocycles. The molecule has 25 heavy (non-hydrogen) atoms. The molecule has 0 spiro atoms. The van der Waals surface area contributed by atoms with Crippen LogP contribution in [0, 0.1) is 5.92 Å². The van der Waals surface area contributed by atoms with Crippen molar-refractivity contribution >= 4 is 11.8 Å². The maximum atomic E-state index is 12.1. The Balaban J connectivity index is 2.65. The van der Waals surface area contributed by atoms with Crippen LogP contribution in [0.3, 0.4) is 0 Å². The lowest BCUT2D eigenvalue weighted by Gasteiger charge is -2.13. The molecule has 0 radical (unpaired) electrons. The molecule has 0 atom stereocenters. The Morgan fingerprint density at radius 2 is 1.92 bits per heavy atom. The molecule has 0 bridgehead atoms. The number of carbonyl (C=O) groups is 2. The zero-order valence-corrected chi connectivity index (χ0v) is 15.2. The average Bonchev–Trinajstić information content (AvgIpc) is 2.59. The summed E-state index contributed by atoms with van der Waals surface area (Å²) in [5.74, 6) is 0.724. The molecule has 1 rings (SSSR count). The fourth-order valence-electron chi connectivity index (χ4n) is 1.82. The number of ether oxygens (including phenoxy) is 2. The number of methoxy groups -OCH3 is 1. The van der Waals surface area contributed by atoms with Gasteiger partial charge in [0.05, 0.1) is 13.7 Å². The van der Waals surface area contributed by atoms with Gasteiger partial charge in [-0.3, -0.25) is 20.4 Å². The van der Waals surface area contributed by atoms with Crippen LogP contribution in [0.15, 0.2) is 42.5 Å². The van der Waals surface area contributed by atoms with Crippen LogP contribution < -0.4 is 20.3 Å². The first-order valence-corrected chi connectivity index (χ1v) is 8.18. The molecule has 1 aromatic carbocycles. The lowest BCUT2D eigenvalue weighted by molar-refractivity contribution is -0.117. The maximum absolute atomic E-state index is 12.1. The van der Waals surface area contributed by atoms with E-state index >= 15 is 0 Å². The van der Waals surface area contributed by atoms with Crippen molar-refractivity contribution in [1.82, 2.24) is 10.9 Å². The second-order valence-electron chi connectivity index (χ2n) is 5.72. The van der Waals surface area contributed by atoms with E-state index in [1.165, 1.54) is 13.2 Å². The molecule has 0 aromatic heterocycles. The fourth-order valence-corrected chi connectivity index (χ4v) is 1.82. The molecule has 2 N–H and O–H groups in total. The number of amides is 2. The number of allylic oxidation sites excluding steroid dienone is 3. The van der Waals surface area contributed by atoms with E-state index in [-0.39, 0.29) is 0 Å². The number of rotatable bonds is 8. The van der Waals surface area contributed by atoms with Gasteiger partial charge < -0.3 is 9.47 Å². The molecule has 0 heterocycles. The van der Waals surface area contributed by atoms with Gasteiger partial charge in [-0.2, -0.15) is 0 Å². The summed E-state index contributed by atoms with van der Waals surface area (Å²) in [5.41, 5.74) is 5.00. The minimum absolute atomic E-state index is 0.353. The number of benzene rings is 1. The molecule has 6 heteroatoms. The minimum atomic E-state index is -0.445. The van der Waals surface area contributed by atoms with Gasteiger partial charge in [0.15, 0.2) is 11.5 Å². The molecular weight excluding hydrogens is 320 g/mol. The zero-order chi connectivity index (χ0) is 18.7. The summed E-state index contributed by atoms with van der Waals surface area (Å²) in [5, 5.41) is 0. The van der Waals surface area contributed by atoms with Gasteiger partial charge in [0, 0.05) is 11.6 Å². The highest BCUT2D eigenvalue weighted by molar-refractivity contribution is 5.97. The molecule has 0 aliphatic heterocycles. The summed E-state index contributed by atoms with van der Waals surface area (Å²) in [6, 6.07) is 4.87. The molecular formula is C19H26N2O4. The van der Waals surface area contributed by atoms with Gasteiger partial charge in [-0.1, -0.05) is 32.1 Å². The van der Waals surface area contributed by atoms with Gasteiger partial charge in [0.2, 0.25) is 0 Å². The maximum Gasteiger partial charge on any atom is 0.269 e. The zero-order valence-electron chi connectivity index (χ0n) is 15.2. The standard InChI is InChI=1S/C19H26N2O4/c1-5-6-7-8-18(22)20-21-19(23)15-9-10-16(17(13-15)24-4)25-12-11-14(2)3/h5-10,13-14H,11-12H2,1-4H3,(H,20,22)(H,21,23)/b6-5+,8-7+. The summed E-state index contributed by atoms with van der Waals surface area (Å²) >= 11 is 0. The Morgan fingerprint density at radius 1 is 1.16 bits per heavy atom. The Hall–Kier alpha value is -2.76. The summed E-state index contributed by atoms with van der Waals surface area (Å²) in [6.07, 6.45) is 7.32. The quantitative estimate of drug-likeness (QED) is 0.431. The van der Waals surface area contributed by atoms with Crippen LogP contribution in [-0.4, -0.2) is 25.5 Å². The van der Waals surface area contributed by atoms with E-state index in [2.05, 4.69) is 24.7 Å². The van der Waals surface area contributed by atoms with Crippen molar-refractivity contribution in [2.75, 3.05) is 13.7 Å². The lowest BCUT2D eigenvalue weighted by atomic mass is 10.1. The highest BCUT2D eigenvalue weighted by Gasteiger charge is 2.11. The Labute approximate surface area is 148 Å². The molecule has 0 aliphatic carbocycles. The van der Waals surface area contributed by atoms with Crippen LogP contribution in [0.25, 0.3) is 0 Å². The predicted molar refractivity (Wildman–Crippen MR) is 97.5 cm³/mol. The fraction of sp³-hybridized carbons (Fsp3) is 0.368. The van der Waals surface area contributed by atoms with E-state index in [0.29, 0.717) is 29.6 Å². The Kier molecular flexibility index (Phi) is 8.85. The Morgan fingerprint density at radius 3 is 2.56 bits per heavy atom. The van der Waals surface area contributed by atoms with Crippen LogP contribution in [-0.2, 0) is 4.79 Å². The topological polar surface area (TPSA) is 76.7 Å². The van der Waals surface area contributed by atoms with Gasteiger partial charge in [0.25, 0.3) is 11.8 Å². The molecule has 2 amide bonds. The first kappa shape index (κ1) is 20.3. The van der Waals surface area contributed by atoms with E-state index in [9.17, 15) is 9.59 Å². The normalized spacial score (nSPS) is 11.1. The molecule has 1 aromatic rings. The third-order valence-corrected chi connectivity index (χ3v) is 3.23. The van der Waals surface area contributed by atoms with Crippen molar-refractivity contribution < 1.29 is 19.1 Å². The van der Waals surface area contributed by atoms with Gasteiger partial charge in [0.1, 0.15) is 0 Å². The van der Waals surface area contributed by atoms with Crippen molar-refractivity contribution in [3.8, 4) is 11.5 Å². The Bertz CT molecular complexity index is 636. The van der Waals surface area contributed by atoms with E-state index in [4.69, 9.17) is 9.47 Å². The summed E-state index contributed by atoms with van der Waals surface area (Å²) in [6.45, 7) is 6.66. The third-order valence-electron chi connectivity index (χ3n) is 3.23. The van der Waals surface area contributed by atoms with Gasteiger partial charge in [-0.15, -0.1) is 0 Å². The van der Waals surface area contributed by atoms with E-state index in [1.807, 2.05) is 6.92 Å². The van der Waals surface area contributed by atoms with Crippen molar-refractivity contribution in [2.45, 2.75) is 27.2 Å². The molecule has 0 aliphatic rings. The second-order valence-corrected chi connectivity index (χ2v) is 5.72. The van der Waals surface area contributed by atoms with Gasteiger partial charge >= 0.3 is 0 Å². The van der Waals surface area contributed by atoms with Crippen molar-refractivity contribution in [2.24, 2.45) is 5.92 Å². The van der Waals surface area contributed by atoms with E-state index in [0.717, 1.165) is 6.42 Å². The van der Waals surface area contributed by atoms with E-state index < -0.39 is 11.8 Å². The van der Waals surface area contributed by atoms with Crippen molar-refractivity contribution in [3.63, 3.8) is 0 Å². The van der Waals surface area contributed by atoms with E-state index in [1.54, 1.807) is 36.4 Å². The number of carbonyl (C=O) groups excluding carboxylic acids is 2. The number of hydrogen-bond donors (Lipinski definition) is 2. The summed E-state index contributed by atoms with van der Waals surface area (Å²) < 4.78 is 11.0. The molecule has 6 nitrogen and oxygen atoms in total. The molecule has 0 fully saturated rings. The summed E-state index contributed by atoms with van der Waals surface area (Å²) in [4.78, 5) is 23.6. The van der Waals surface area contributed by atoms with Gasteiger partial charge in [-0.05, 0) is 37.5 Å². The van der Waals surface area contributed by atoms with Crippen molar-refractivity contribution in [3.05, 3.63) is 48.1 Å². The smallest absolute Gasteiger partial charge is 0.269 e. The lowest BCUT2D eigenvalue weighted by Crippen LogP contribution is -2.40. The first-order chi connectivity index (χ1) is 12.0. The highest BCUT2D eigenvalue weighted by atomic mass is 16.5. The third kappa shape index (κ3) is 7.56. The number of hydrazine groups is 1. The van der Waals surface area contributed by atoms with Crippen LogP contribution in [0.4, 0.5) is 0 Å². The predicted octanol–water partition coefficient (Wildman–Crippen LogP) is 3.01. The SMILES string of the molecule is C/C=C/C=C/C(=O)NNC(=O)c1ccc(OCCC(C)C)c(OC)c1. The second kappa shape index (κ2) is 10.9. The highest BCUT2D eigenvalue weighted by Crippen LogP contribution is 2.28. The van der Waals surface area contributed by atoms with Crippen LogP contribution in [0.5, 0.6) is 11.5 Å². The number of nitrogens with one attached hydrogen (secondary N) is 2. The van der Waals surface area contributed by atoms with Crippen LogP contribution in [0.2, 0.25) is 0 Å². The molecule has 136 valence electrons. The molecule has 0 saturated carbocycles. The first-order valence-electron chi connectivity index (χ1n) is 8.18.